The van der Waals surface area contributed by atoms with Gasteiger partial charge in [0.15, 0.2) is 0 Å². The van der Waals surface area contributed by atoms with Gasteiger partial charge >= 0.3 is 0 Å². The Morgan fingerprint density at radius 3 is 2.52 bits per heavy atom. The Morgan fingerprint density at radius 1 is 1.14 bits per heavy atom. The highest BCUT2D eigenvalue weighted by atomic mass is 35.5. The molecular formula is C17H23Cl2NO. The molecule has 4 heteroatoms. The van der Waals surface area contributed by atoms with Crippen LogP contribution in [0.15, 0.2) is 59.2 Å². The van der Waals surface area contributed by atoms with Crippen molar-refractivity contribution in [1.29, 1.82) is 0 Å². The quantitative estimate of drug-likeness (QED) is 0.267. The van der Waals surface area contributed by atoms with Gasteiger partial charge in [-0.2, -0.15) is 0 Å². The molecule has 0 aromatic rings. The van der Waals surface area contributed by atoms with E-state index in [9.17, 15) is 4.79 Å². The summed E-state index contributed by atoms with van der Waals surface area (Å²) in [7, 11) is 0. The summed E-state index contributed by atoms with van der Waals surface area (Å²) in [5.41, 5.74) is 4.15. The van der Waals surface area contributed by atoms with Gasteiger partial charge in [-0.15, -0.1) is 0 Å². The molecule has 0 radical (unpaired) electrons. The fourth-order valence-corrected chi connectivity index (χ4v) is 1.61. The van der Waals surface area contributed by atoms with Crippen LogP contribution in [0.3, 0.4) is 0 Å². The first-order valence-corrected chi connectivity index (χ1v) is 7.79. The normalized spacial score (nSPS) is 14.8. The van der Waals surface area contributed by atoms with Crippen LogP contribution < -0.4 is 5.32 Å². The van der Waals surface area contributed by atoms with Crippen molar-refractivity contribution in [2.75, 3.05) is 0 Å². The topological polar surface area (TPSA) is 29.1 Å². The molecule has 0 rings (SSSR count). The summed E-state index contributed by atoms with van der Waals surface area (Å²) < 4.78 is 0. The van der Waals surface area contributed by atoms with E-state index >= 15 is 0 Å². The molecule has 2 nitrogen and oxygen atoms in total. The Bertz CT molecular complexity index is 434. The number of rotatable bonds is 9. The first-order chi connectivity index (χ1) is 10.1. The Hall–Kier alpha value is -1.25. The zero-order valence-corrected chi connectivity index (χ0v) is 14.1. The molecule has 1 amide bonds. The van der Waals surface area contributed by atoms with Crippen molar-refractivity contribution < 1.29 is 4.79 Å². The van der Waals surface area contributed by atoms with Crippen molar-refractivity contribution in [1.82, 2.24) is 5.32 Å². The predicted octanol–water partition coefficient (Wildman–Crippen LogP) is 5.23. The summed E-state index contributed by atoms with van der Waals surface area (Å²) >= 11 is 11.0. The van der Waals surface area contributed by atoms with Gasteiger partial charge in [0.25, 0.3) is 0 Å². The highest BCUT2D eigenvalue weighted by molar-refractivity contribution is 6.25. The maximum atomic E-state index is 11.6. The lowest BCUT2D eigenvalue weighted by atomic mass is 10.2. The van der Waals surface area contributed by atoms with Crippen LogP contribution in [0.25, 0.3) is 0 Å². The fraction of sp³-hybridized carbons (Fsp3) is 0.353. The lowest BCUT2D eigenvalue weighted by Crippen LogP contribution is -2.29. The zero-order chi connectivity index (χ0) is 15.9. The second-order valence-electron chi connectivity index (χ2n) is 4.61. The van der Waals surface area contributed by atoms with Crippen molar-refractivity contribution >= 4 is 29.1 Å². The molecule has 1 atom stereocenters. The average molecular weight is 328 g/mol. The molecule has 0 bridgehead atoms. The van der Waals surface area contributed by atoms with Crippen LogP contribution >= 0.6 is 23.2 Å². The fourth-order valence-electron chi connectivity index (χ4n) is 1.40. The highest BCUT2D eigenvalue weighted by Crippen LogP contribution is 2.02. The van der Waals surface area contributed by atoms with E-state index in [4.69, 9.17) is 23.2 Å². The molecule has 0 heterocycles. The summed E-state index contributed by atoms with van der Waals surface area (Å²) in [6, 6.07) is 0.00698. The van der Waals surface area contributed by atoms with Crippen molar-refractivity contribution in [2.24, 2.45) is 0 Å². The van der Waals surface area contributed by atoms with Crippen LogP contribution in [-0.4, -0.2) is 11.9 Å². The van der Waals surface area contributed by atoms with E-state index in [2.05, 4.69) is 5.32 Å². The van der Waals surface area contributed by atoms with Crippen LogP contribution in [0.5, 0.6) is 0 Å². The summed E-state index contributed by atoms with van der Waals surface area (Å²) in [6.45, 7) is 3.88. The van der Waals surface area contributed by atoms with E-state index < -0.39 is 0 Å². The molecule has 0 saturated carbocycles. The van der Waals surface area contributed by atoms with Gasteiger partial charge in [-0.1, -0.05) is 65.2 Å². The van der Waals surface area contributed by atoms with Crippen LogP contribution in [0.2, 0.25) is 0 Å². The van der Waals surface area contributed by atoms with Crippen molar-refractivity contribution in [3.8, 4) is 0 Å². The van der Waals surface area contributed by atoms with E-state index in [1.807, 2.05) is 44.2 Å². The maximum absolute atomic E-state index is 11.6. The third-order valence-corrected chi connectivity index (χ3v) is 3.06. The van der Waals surface area contributed by atoms with Crippen LogP contribution in [0, 0.1) is 0 Å². The van der Waals surface area contributed by atoms with Gasteiger partial charge in [0.1, 0.15) is 0 Å². The van der Waals surface area contributed by atoms with E-state index in [0.717, 1.165) is 24.8 Å². The molecule has 0 aliphatic heterocycles. The molecule has 0 fully saturated rings. The monoisotopic (exact) mass is 327 g/mol. The van der Waals surface area contributed by atoms with Crippen LogP contribution in [0.1, 0.15) is 33.1 Å². The Kier molecular flexibility index (Phi) is 12.9. The maximum Gasteiger partial charge on any atom is 0.244 e. The summed E-state index contributed by atoms with van der Waals surface area (Å²) in [4.78, 5) is 11.6. The highest BCUT2D eigenvalue weighted by Gasteiger charge is 1.98. The van der Waals surface area contributed by atoms with Gasteiger partial charge in [-0.05, 0) is 33.1 Å². The predicted molar refractivity (Wildman–Crippen MR) is 93.5 cm³/mol. The minimum Gasteiger partial charge on any atom is -0.347 e. The van der Waals surface area contributed by atoms with Gasteiger partial charge in [0, 0.05) is 23.2 Å². The lowest BCUT2D eigenvalue weighted by Gasteiger charge is -2.06. The molecule has 1 N–H and O–H groups in total. The van der Waals surface area contributed by atoms with Gasteiger partial charge < -0.3 is 5.32 Å². The average Bonchev–Trinajstić information content (AvgIpc) is 2.46. The SMILES string of the molecule is C/C(=C\Cl)C/C=C\C=C\C(=O)N[C@@H](C)/C=C\CC/C=C/Cl. The number of hydrogen-bond acceptors (Lipinski definition) is 1. The van der Waals surface area contributed by atoms with Crippen LogP contribution in [0.4, 0.5) is 0 Å². The Balaban J connectivity index is 3.96. The number of carbonyl (C=O) groups excluding carboxylic acids is 1. The molecule has 0 aromatic heterocycles. The van der Waals surface area contributed by atoms with Crippen molar-refractivity contribution in [3.63, 3.8) is 0 Å². The van der Waals surface area contributed by atoms with Crippen molar-refractivity contribution in [3.05, 3.63) is 59.2 Å². The first kappa shape index (κ1) is 19.8. The number of nitrogens with one attached hydrogen (secondary N) is 1. The van der Waals surface area contributed by atoms with E-state index in [1.54, 1.807) is 11.6 Å². The molecule has 0 saturated heterocycles. The summed E-state index contributed by atoms with van der Waals surface area (Å²) in [6.07, 6.45) is 15.5. The molecule has 0 unspecified atom stereocenters. The summed E-state index contributed by atoms with van der Waals surface area (Å²) in [5, 5.41) is 2.86. The zero-order valence-electron chi connectivity index (χ0n) is 12.6. The van der Waals surface area contributed by atoms with Gasteiger partial charge in [-0.3, -0.25) is 4.79 Å². The lowest BCUT2D eigenvalue weighted by molar-refractivity contribution is -0.116. The smallest absolute Gasteiger partial charge is 0.244 e. The number of carbonyl (C=O) groups is 1. The third-order valence-electron chi connectivity index (χ3n) is 2.50. The number of allylic oxidation sites excluding steroid dienone is 6. The largest absolute Gasteiger partial charge is 0.347 e. The minimum atomic E-state index is -0.109. The Morgan fingerprint density at radius 2 is 1.86 bits per heavy atom. The molecule has 0 aliphatic rings. The third kappa shape index (κ3) is 13.5. The van der Waals surface area contributed by atoms with Gasteiger partial charge in [-0.25, -0.2) is 0 Å². The number of halogens is 2. The molecule has 0 aliphatic carbocycles. The summed E-state index contributed by atoms with van der Waals surface area (Å²) in [5.74, 6) is -0.109. The van der Waals surface area contributed by atoms with E-state index in [1.165, 1.54) is 11.6 Å². The number of hydrogen-bond donors (Lipinski definition) is 1. The second kappa shape index (κ2) is 13.7. The first-order valence-electron chi connectivity index (χ1n) is 6.91. The molecule has 0 spiro atoms. The second-order valence-corrected chi connectivity index (χ2v) is 5.08. The van der Waals surface area contributed by atoms with E-state index in [-0.39, 0.29) is 11.9 Å². The number of unbranched alkanes of at least 4 members (excludes halogenated alkanes) is 1. The van der Waals surface area contributed by atoms with E-state index in [0.29, 0.717) is 0 Å². The molecule has 0 aromatic carbocycles. The standard InChI is InChI=1S/C17H23Cl2NO/c1-15(14-19)10-6-5-8-12-17(21)20-16(2)11-7-3-4-9-13-18/h5-9,11-14,16H,3-4,10H2,1-2H3,(H,20,21)/b6-5-,11-7-,12-8+,13-9+,15-14+/t16-/m0/s1. The molecular weight excluding hydrogens is 305 g/mol. The van der Waals surface area contributed by atoms with Crippen molar-refractivity contribution in [2.45, 2.75) is 39.2 Å². The van der Waals surface area contributed by atoms with Gasteiger partial charge in [0.2, 0.25) is 5.91 Å². The Labute approximate surface area is 137 Å². The molecule has 21 heavy (non-hydrogen) atoms. The number of amides is 1. The minimum absolute atomic E-state index is 0.00698. The molecule has 116 valence electrons. The van der Waals surface area contributed by atoms with Gasteiger partial charge in [0.05, 0.1) is 0 Å². The van der Waals surface area contributed by atoms with Crippen LogP contribution in [-0.2, 0) is 4.79 Å².